The molecule has 6 nitrogen and oxygen atoms in total. The van der Waals surface area contributed by atoms with Crippen molar-refractivity contribution in [3.05, 3.63) is 58.2 Å². The molecule has 3 aromatic rings. The minimum atomic E-state index is -0.835. The molecule has 1 atom stereocenters. The molecular formula is C23H23ClFN3O3S. The maximum Gasteiger partial charge on any atom is 0.223 e. The highest BCUT2D eigenvalue weighted by molar-refractivity contribution is 7.59. The van der Waals surface area contributed by atoms with Gasteiger partial charge in [0.25, 0.3) is 0 Å². The summed E-state index contributed by atoms with van der Waals surface area (Å²) in [6.45, 7) is 2.24. The van der Waals surface area contributed by atoms with Crippen molar-refractivity contribution in [2.75, 3.05) is 13.2 Å². The molecule has 32 heavy (non-hydrogen) atoms. The molecule has 5 rings (SSSR count). The second-order valence-electron chi connectivity index (χ2n) is 8.37. The second kappa shape index (κ2) is 8.59. The minimum Gasteiger partial charge on any atom is -0.376 e. The zero-order chi connectivity index (χ0) is 21.8. The molecule has 1 saturated heterocycles. The highest BCUT2D eigenvalue weighted by Crippen LogP contribution is 2.41. The minimum absolute atomic E-state index is 0. The van der Waals surface area contributed by atoms with E-state index in [-0.39, 0.29) is 41.6 Å². The van der Waals surface area contributed by atoms with Crippen molar-refractivity contribution in [2.45, 2.75) is 37.6 Å². The maximum atomic E-state index is 14.9. The number of rotatable bonds is 5. The molecule has 1 aliphatic heterocycles. The smallest absolute Gasteiger partial charge is 0.223 e. The van der Waals surface area contributed by atoms with Gasteiger partial charge in [0.1, 0.15) is 11.4 Å². The Balaban J connectivity index is 0.00000245. The van der Waals surface area contributed by atoms with Crippen LogP contribution in [0.4, 0.5) is 4.39 Å². The van der Waals surface area contributed by atoms with Gasteiger partial charge >= 0.3 is 0 Å². The number of carbonyl (C=O) groups is 1. The van der Waals surface area contributed by atoms with Crippen LogP contribution in [0.25, 0.3) is 22.5 Å². The summed E-state index contributed by atoms with van der Waals surface area (Å²) in [5.74, 6) is 0.205. The van der Waals surface area contributed by atoms with E-state index in [1.807, 2.05) is 18.2 Å². The van der Waals surface area contributed by atoms with Gasteiger partial charge in [-0.25, -0.2) is 4.39 Å². The number of fused-ring (bicyclic) bond motifs is 1. The summed E-state index contributed by atoms with van der Waals surface area (Å²) in [7, 11) is 0. The van der Waals surface area contributed by atoms with Crippen LogP contribution in [-0.4, -0.2) is 34.7 Å². The van der Waals surface area contributed by atoms with Gasteiger partial charge in [0.05, 0.1) is 18.8 Å². The van der Waals surface area contributed by atoms with Crippen LogP contribution >= 0.6 is 25.1 Å². The molecule has 168 valence electrons. The van der Waals surface area contributed by atoms with Gasteiger partial charge in [-0.3, -0.25) is 4.79 Å². The Morgan fingerprint density at radius 2 is 2.09 bits per heavy atom. The van der Waals surface area contributed by atoms with E-state index >= 15 is 0 Å². The largest absolute Gasteiger partial charge is 0.376 e. The lowest BCUT2D eigenvalue weighted by Gasteiger charge is -2.36. The topological polar surface area (TPSA) is 91.2 Å². The van der Waals surface area contributed by atoms with Crippen molar-refractivity contribution in [1.29, 1.82) is 0 Å². The van der Waals surface area contributed by atoms with Crippen LogP contribution in [0.1, 0.15) is 35.8 Å². The molecule has 0 spiro atoms. The first-order chi connectivity index (χ1) is 14.8. The molecule has 2 aliphatic rings. The van der Waals surface area contributed by atoms with Gasteiger partial charge in [-0.05, 0) is 53.1 Å². The predicted molar refractivity (Wildman–Crippen MR) is 124 cm³/mol. The number of aryl methyl sites for hydroxylation is 2. The molecule has 1 aliphatic carbocycles. The third-order valence-electron chi connectivity index (χ3n) is 6.17. The van der Waals surface area contributed by atoms with E-state index in [0.717, 1.165) is 29.5 Å². The molecule has 2 heterocycles. The van der Waals surface area contributed by atoms with Crippen LogP contribution in [0.2, 0.25) is 5.02 Å². The molecule has 2 aromatic carbocycles. The SMILES string of the molecule is Cc1nc(-c2c(F)cc(Cl)cc2-c2ccc3c(c2)CC[C@@H]3CC(=O)C2(N)COC2)no1.S. The van der Waals surface area contributed by atoms with Gasteiger partial charge in [0, 0.05) is 18.4 Å². The van der Waals surface area contributed by atoms with Crippen LogP contribution in [0.15, 0.2) is 34.9 Å². The number of Topliss-reactive ketones (excluding diaryl/α,β-unsaturated/α-hetero) is 1. The predicted octanol–water partition coefficient (Wildman–Crippen LogP) is 4.33. The lowest BCUT2D eigenvalue weighted by molar-refractivity contribution is -0.141. The lowest BCUT2D eigenvalue weighted by atomic mass is 9.85. The van der Waals surface area contributed by atoms with E-state index in [0.29, 0.717) is 31.1 Å². The molecule has 9 heteroatoms. The van der Waals surface area contributed by atoms with Gasteiger partial charge in [-0.2, -0.15) is 18.5 Å². The number of carbonyl (C=O) groups excluding carboxylic acids is 1. The van der Waals surface area contributed by atoms with Crippen LogP contribution in [0.5, 0.6) is 0 Å². The normalized spacial score (nSPS) is 18.6. The molecular weight excluding hydrogens is 453 g/mol. The summed E-state index contributed by atoms with van der Waals surface area (Å²) in [6.07, 6.45) is 2.13. The number of nitrogens with zero attached hydrogens (tertiary/aromatic N) is 2. The van der Waals surface area contributed by atoms with Gasteiger partial charge < -0.3 is 15.0 Å². The van der Waals surface area contributed by atoms with Crippen LogP contribution in [-0.2, 0) is 16.0 Å². The quantitative estimate of drug-likeness (QED) is 0.590. The first-order valence-corrected chi connectivity index (χ1v) is 10.5. The van der Waals surface area contributed by atoms with Crippen molar-refractivity contribution in [3.8, 4) is 22.5 Å². The molecule has 0 unspecified atom stereocenters. The molecule has 1 aromatic heterocycles. The number of halogens is 2. The van der Waals surface area contributed by atoms with Crippen molar-refractivity contribution in [3.63, 3.8) is 0 Å². The Morgan fingerprint density at radius 3 is 2.75 bits per heavy atom. The summed E-state index contributed by atoms with van der Waals surface area (Å²) in [6, 6.07) is 8.92. The summed E-state index contributed by atoms with van der Waals surface area (Å²) >= 11 is 6.16. The molecule has 0 radical (unpaired) electrons. The molecule has 1 fully saturated rings. The fourth-order valence-electron chi connectivity index (χ4n) is 4.42. The molecule has 2 N–H and O–H groups in total. The van der Waals surface area contributed by atoms with Crippen LogP contribution < -0.4 is 5.73 Å². The second-order valence-corrected chi connectivity index (χ2v) is 8.81. The van der Waals surface area contributed by atoms with E-state index in [9.17, 15) is 9.18 Å². The Morgan fingerprint density at radius 1 is 1.31 bits per heavy atom. The standard InChI is InChI=1S/C23H21ClFN3O3.H2S/c1-12-27-22(28-31-12)21-18(8-16(24)9-19(21)25)14-4-5-17-13(6-14)2-3-15(17)7-20(29)23(26)10-30-11-23;/h4-6,8-9,15H,2-3,7,10-11,26H2,1H3;1H2/t15-;/m1./s1. The summed E-state index contributed by atoms with van der Waals surface area (Å²) < 4.78 is 25.0. The van der Waals surface area contributed by atoms with E-state index in [4.69, 9.17) is 26.6 Å². The highest BCUT2D eigenvalue weighted by atomic mass is 35.5. The van der Waals surface area contributed by atoms with Gasteiger partial charge in [-0.15, -0.1) is 0 Å². The first-order valence-electron chi connectivity index (χ1n) is 10.2. The average molecular weight is 476 g/mol. The van der Waals surface area contributed by atoms with Gasteiger partial charge in [0.2, 0.25) is 11.7 Å². The maximum absolute atomic E-state index is 14.9. The average Bonchev–Trinajstić information content (AvgIpc) is 3.31. The number of ketones is 1. The number of hydrogen-bond acceptors (Lipinski definition) is 6. The Labute approximate surface area is 196 Å². The van der Waals surface area contributed by atoms with Crippen LogP contribution in [0.3, 0.4) is 0 Å². The third-order valence-corrected chi connectivity index (χ3v) is 6.39. The highest BCUT2D eigenvalue weighted by Gasteiger charge is 2.42. The third kappa shape index (κ3) is 3.96. The molecule has 0 amide bonds. The van der Waals surface area contributed by atoms with Crippen LogP contribution in [0, 0.1) is 12.7 Å². The lowest BCUT2D eigenvalue weighted by Crippen LogP contribution is -2.63. The number of benzene rings is 2. The van der Waals surface area contributed by atoms with E-state index < -0.39 is 11.4 Å². The number of hydrogen-bond donors (Lipinski definition) is 1. The molecule has 0 saturated carbocycles. The Kier molecular flexibility index (Phi) is 6.15. The van der Waals surface area contributed by atoms with E-state index in [1.54, 1.807) is 13.0 Å². The Bertz CT molecular complexity index is 1200. The summed E-state index contributed by atoms with van der Waals surface area (Å²) in [5.41, 5.74) is 9.21. The van der Waals surface area contributed by atoms with Crippen molar-refractivity contribution >= 4 is 30.9 Å². The first kappa shape index (κ1) is 22.9. The van der Waals surface area contributed by atoms with Crippen molar-refractivity contribution in [2.24, 2.45) is 5.73 Å². The van der Waals surface area contributed by atoms with Gasteiger partial charge in [0.15, 0.2) is 5.78 Å². The summed E-state index contributed by atoms with van der Waals surface area (Å²) in [5, 5.41) is 4.18. The Hall–Kier alpha value is -2.26. The number of aromatic nitrogens is 2. The van der Waals surface area contributed by atoms with Crippen molar-refractivity contribution < 1.29 is 18.4 Å². The monoisotopic (exact) mass is 475 g/mol. The fourth-order valence-corrected chi connectivity index (χ4v) is 4.63. The van der Waals surface area contributed by atoms with E-state index in [1.165, 1.54) is 6.07 Å². The zero-order valence-corrected chi connectivity index (χ0v) is 19.2. The van der Waals surface area contributed by atoms with Crippen molar-refractivity contribution in [1.82, 2.24) is 10.1 Å². The number of nitrogens with two attached hydrogens (primary N) is 1. The van der Waals surface area contributed by atoms with E-state index in [2.05, 4.69) is 10.1 Å². The zero-order valence-electron chi connectivity index (χ0n) is 17.5. The van der Waals surface area contributed by atoms with Gasteiger partial charge in [-0.1, -0.05) is 35.0 Å². The summed E-state index contributed by atoms with van der Waals surface area (Å²) in [4.78, 5) is 16.8. The number of ether oxygens (including phenoxy) is 1. The fraction of sp³-hybridized carbons (Fsp3) is 0.348. The molecule has 0 bridgehead atoms.